The van der Waals surface area contributed by atoms with E-state index in [9.17, 15) is 9.90 Å². The Morgan fingerprint density at radius 2 is 2.31 bits per heavy atom. The standard InChI is InChI=1S/C12H15NO3/c1-7-10-6-11(15)12(16-8(2)14)5-9(10)3-4-13-7/h5-7,13,15H,3-4H2,1-2H3. The molecule has 1 aliphatic rings. The smallest absolute Gasteiger partial charge is 0.308 e. The van der Waals surface area contributed by atoms with Gasteiger partial charge in [-0.05, 0) is 43.1 Å². The molecular formula is C12H15NO3. The molecule has 0 amide bonds. The van der Waals surface area contributed by atoms with Crippen LogP contribution in [0.4, 0.5) is 0 Å². The summed E-state index contributed by atoms with van der Waals surface area (Å²) in [5.41, 5.74) is 2.19. The number of fused-ring (bicyclic) bond motifs is 1. The molecule has 16 heavy (non-hydrogen) atoms. The van der Waals surface area contributed by atoms with Crippen LogP contribution in [-0.4, -0.2) is 17.6 Å². The van der Waals surface area contributed by atoms with Gasteiger partial charge >= 0.3 is 5.97 Å². The van der Waals surface area contributed by atoms with Crippen molar-refractivity contribution in [3.8, 4) is 11.5 Å². The number of hydrogen-bond acceptors (Lipinski definition) is 4. The quantitative estimate of drug-likeness (QED) is 0.557. The third-order valence-corrected chi connectivity index (χ3v) is 2.79. The average molecular weight is 221 g/mol. The number of nitrogens with one attached hydrogen (secondary N) is 1. The largest absolute Gasteiger partial charge is 0.504 e. The number of hydrogen-bond donors (Lipinski definition) is 2. The number of esters is 1. The minimum atomic E-state index is -0.419. The molecule has 4 heteroatoms. The number of carbonyl (C=O) groups excluding carboxylic acids is 1. The normalized spacial score (nSPS) is 19.0. The number of benzene rings is 1. The van der Waals surface area contributed by atoms with E-state index in [4.69, 9.17) is 4.74 Å². The first kappa shape index (κ1) is 11.0. The molecule has 0 aliphatic carbocycles. The maximum absolute atomic E-state index is 10.9. The lowest BCUT2D eigenvalue weighted by Gasteiger charge is -2.24. The van der Waals surface area contributed by atoms with Gasteiger partial charge in [-0.15, -0.1) is 0 Å². The van der Waals surface area contributed by atoms with E-state index in [0.717, 1.165) is 24.1 Å². The van der Waals surface area contributed by atoms with Gasteiger partial charge < -0.3 is 15.2 Å². The zero-order valence-corrected chi connectivity index (χ0v) is 9.41. The summed E-state index contributed by atoms with van der Waals surface area (Å²) in [6.07, 6.45) is 0.883. The molecule has 1 aromatic carbocycles. The Labute approximate surface area is 94.2 Å². The first-order valence-electron chi connectivity index (χ1n) is 5.35. The summed E-state index contributed by atoms with van der Waals surface area (Å²) in [4.78, 5) is 10.9. The fourth-order valence-corrected chi connectivity index (χ4v) is 2.02. The molecule has 1 aromatic rings. The highest BCUT2D eigenvalue weighted by molar-refractivity contribution is 5.70. The molecule has 2 N–H and O–H groups in total. The SMILES string of the molecule is CC(=O)Oc1cc2c(cc1O)C(C)NCC2. The molecule has 1 unspecified atom stereocenters. The van der Waals surface area contributed by atoms with Gasteiger partial charge in [0.05, 0.1) is 0 Å². The van der Waals surface area contributed by atoms with E-state index in [-0.39, 0.29) is 17.5 Å². The number of ether oxygens (including phenoxy) is 1. The summed E-state index contributed by atoms with van der Waals surface area (Å²) in [6.45, 7) is 4.27. The maximum Gasteiger partial charge on any atom is 0.308 e. The first-order chi connectivity index (χ1) is 7.58. The van der Waals surface area contributed by atoms with Gasteiger partial charge in [0.1, 0.15) is 0 Å². The maximum atomic E-state index is 10.9. The molecule has 0 fully saturated rings. The minimum absolute atomic E-state index is 0.0181. The van der Waals surface area contributed by atoms with E-state index in [1.165, 1.54) is 6.92 Å². The highest BCUT2D eigenvalue weighted by atomic mass is 16.5. The lowest BCUT2D eigenvalue weighted by molar-refractivity contribution is -0.132. The molecule has 0 bridgehead atoms. The molecule has 1 aliphatic heterocycles. The predicted molar refractivity (Wildman–Crippen MR) is 59.5 cm³/mol. The summed E-state index contributed by atoms with van der Waals surface area (Å²) in [5, 5.41) is 13.0. The molecule has 0 radical (unpaired) electrons. The molecule has 0 aromatic heterocycles. The molecule has 1 heterocycles. The minimum Gasteiger partial charge on any atom is -0.504 e. The number of aromatic hydroxyl groups is 1. The van der Waals surface area contributed by atoms with E-state index in [2.05, 4.69) is 5.32 Å². The van der Waals surface area contributed by atoms with Gasteiger partial charge in [-0.1, -0.05) is 0 Å². The van der Waals surface area contributed by atoms with Crippen LogP contribution in [0.25, 0.3) is 0 Å². The zero-order chi connectivity index (χ0) is 11.7. The third-order valence-electron chi connectivity index (χ3n) is 2.79. The molecule has 1 atom stereocenters. The van der Waals surface area contributed by atoms with Gasteiger partial charge in [-0.3, -0.25) is 4.79 Å². The monoisotopic (exact) mass is 221 g/mol. The third kappa shape index (κ3) is 2.02. The van der Waals surface area contributed by atoms with Crippen LogP contribution in [0.5, 0.6) is 11.5 Å². The van der Waals surface area contributed by atoms with Gasteiger partial charge in [-0.25, -0.2) is 0 Å². The summed E-state index contributed by atoms with van der Waals surface area (Å²) in [6, 6.07) is 3.65. The highest BCUT2D eigenvalue weighted by Crippen LogP contribution is 2.34. The van der Waals surface area contributed by atoms with Crippen LogP contribution in [0.15, 0.2) is 12.1 Å². The second-order valence-electron chi connectivity index (χ2n) is 4.04. The molecule has 4 nitrogen and oxygen atoms in total. The van der Waals surface area contributed by atoms with Gasteiger partial charge in [0.25, 0.3) is 0 Å². The Morgan fingerprint density at radius 1 is 1.56 bits per heavy atom. The average Bonchev–Trinajstić information content (AvgIpc) is 2.20. The van der Waals surface area contributed by atoms with Gasteiger partial charge in [0.15, 0.2) is 11.5 Å². The Bertz CT molecular complexity index is 429. The van der Waals surface area contributed by atoms with Crippen molar-refractivity contribution in [2.24, 2.45) is 0 Å². The number of carbonyl (C=O) groups is 1. The second kappa shape index (κ2) is 4.14. The molecule has 2 rings (SSSR count). The van der Waals surface area contributed by atoms with Crippen molar-refractivity contribution in [1.29, 1.82) is 0 Å². The molecule has 0 saturated heterocycles. The Hall–Kier alpha value is -1.55. The van der Waals surface area contributed by atoms with Crippen LogP contribution in [0.1, 0.15) is 31.0 Å². The zero-order valence-electron chi connectivity index (χ0n) is 9.41. The molecule has 86 valence electrons. The summed E-state index contributed by atoms with van der Waals surface area (Å²) >= 11 is 0. The first-order valence-corrected chi connectivity index (χ1v) is 5.35. The topological polar surface area (TPSA) is 58.6 Å². The Balaban J connectivity index is 2.40. The van der Waals surface area contributed by atoms with Crippen molar-refractivity contribution in [1.82, 2.24) is 5.32 Å². The van der Waals surface area contributed by atoms with Crippen molar-refractivity contribution in [3.63, 3.8) is 0 Å². The van der Waals surface area contributed by atoms with Gasteiger partial charge in [0, 0.05) is 13.0 Å². The number of phenolic OH excluding ortho intramolecular Hbond substituents is 1. The lowest BCUT2D eigenvalue weighted by atomic mass is 9.95. The molecule has 0 spiro atoms. The van der Waals surface area contributed by atoms with E-state index in [1.54, 1.807) is 12.1 Å². The van der Waals surface area contributed by atoms with Crippen molar-refractivity contribution >= 4 is 5.97 Å². The van der Waals surface area contributed by atoms with E-state index >= 15 is 0 Å². The summed E-state index contributed by atoms with van der Waals surface area (Å²) in [5.74, 6) is -0.151. The van der Waals surface area contributed by atoms with Crippen molar-refractivity contribution in [2.45, 2.75) is 26.3 Å². The Morgan fingerprint density at radius 3 is 3.00 bits per heavy atom. The van der Waals surface area contributed by atoms with Gasteiger partial charge in [0.2, 0.25) is 0 Å². The highest BCUT2D eigenvalue weighted by Gasteiger charge is 2.19. The summed E-state index contributed by atoms with van der Waals surface area (Å²) in [7, 11) is 0. The van der Waals surface area contributed by atoms with Crippen LogP contribution >= 0.6 is 0 Å². The van der Waals surface area contributed by atoms with E-state index in [1.807, 2.05) is 6.92 Å². The van der Waals surface area contributed by atoms with E-state index in [0.29, 0.717) is 0 Å². The fourth-order valence-electron chi connectivity index (χ4n) is 2.02. The van der Waals surface area contributed by atoms with Crippen LogP contribution in [0.2, 0.25) is 0 Å². The predicted octanol–water partition coefficient (Wildman–Crippen LogP) is 1.52. The summed E-state index contributed by atoms with van der Waals surface area (Å²) < 4.78 is 4.94. The van der Waals surface area contributed by atoms with E-state index < -0.39 is 5.97 Å². The van der Waals surface area contributed by atoms with Gasteiger partial charge in [-0.2, -0.15) is 0 Å². The fraction of sp³-hybridized carbons (Fsp3) is 0.417. The van der Waals surface area contributed by atoms with Crippen molar-refractivity contribution < 1.29 is 14.6 Å². The second-order valence-corrected chi connectivity index (χ2v) is 4.04. The van der Waals surface area contributed by atoms with Crippen LogP contribution < -0.4 is 10.1 Å². The van der Waals surface area contributed by atoms with Crippen LogP contribution in [0.3, 0.4) is 0 Å². The molecule has 0 saturated carbocycles. The van der Waals surface area contributed by atoms with Crippen molar-refractivity contribution in [2.75, 3.05) is 6.54 Å². The van der Waals surface area contributed by atoms with Crippen molar-refractivity contribution in [3.05, 3.63) is 23.3 Å². The Kier molecular flexibility index (Phi) is 2.83. The van der Waals surface area contributed by atoms with Crippen LogP contribution in [-0.2, 0) is 11.2 Å². The lowest BCUT2D eigenvalue weighted by Crippen LogP contribution is -2.27. The number of rotatable bonds is 1. The molecular weight excluding hydrogens is 206 g/mol. The van der Waals surface area contributed by atoms with Crippen LogP contribution in [0, 0.1) is 0 Å². The number of phenols is 1.